The minimum atomic E-state index is -0.458. The number of amides is 1. The summed E-state index contributed by atoms with van der Waals surface area (Å²) in [6, 6.07) is 13.6. The highest BCUT2D eigenvalue weighted by Crippen LogP contribution is 2.50. The van der Waals surface area contributed by atoms with Crippen molar-refractivity contribution in [1.29, 1.82) is 0 Å². The number of methoxy groups -OCH3 is 3. The molecule has 1 N–H and O–H groups in total. The largest absolute Gasteiger partial charge is 0.497 e. The fraction of sp³-hybridized carbons (Fsp3) is 0.417. The Hall–Kier alpha value is -3.00. The first-order chi connectivity index (χ1) is 15.5. The fourth-order valence-electron chi connectivity index (χ4n) is 4.30. The van der Waals surface area contributed by atoms with Gasteiger partial charge >= 0.3 is 0 Å². The van der Waals surface area contributed by atoms with Crippen molar-refractivity contribution >= 4 is 23.2 Å². The molecule has 1 aliphatic heterocycles. The van der Waals surface area contributed by atoms with Crippen molar-refractivity contribution in [1.82, 2.24) is 15.3 Å². The lowest BCUT2D eigenvalue weighted by Crippen LogP contribution is -2.51. The van der Waals surface area contributed by atoms with Crippen LogP contribution in [0.4, 0.5) is 0 Å². The Morgan fingerprint density at radius 2 is 1.72 bits per heavy atom. The number of nitrogens with one attached hydrogen (secondary N) is 1. The Kier molecular flexibility index (Phi) is 6.41. The van der Waals surface area contributed by atoms with Crippen LogP contribution in [0.3, 0.4) is 0 Å². The second-order valence-electron chi connectivity index (χ2n) is 8.03. The first-order valence-electron chi connectivity index (χ1n) is 10.8. The van der Waals surface area contributed by atoms with Crippen LogP contribution in [0.15, 0.2) is 42.5 Å². The number of rotatable bonds is 7. The van der Waals surface area contributed by atoms with E-state index in [0.29, 0.717) is 36.2 Å². The third-order valence-corrected chi connectivity index (χ3v) is 6.57. The number of ether oxygens (including phenoxy) is 3. The van der Waals surface area contributed by atoms with Gasteiger partial charge in [0.1, 0.15) is 5.75 Å². The Morgan fingerprint density at radius 3 is 2.34 bits per heavy atom. The number of hydrogen-bond acceptors (Lipinski definition) is 5. The SMILES string of the molecule is COc1ccc(C2(C(=O)N3CCCN3C(=S)NCc3cccc(OC)c3OC)CC2)cc1. The Morgan fingerprint density at radius 1 is 1.00 bits per heavy atom. The van der Waals surface area contributed by atoms with Crippen LogP contribution in [0.1, 0.15) is 30.4 Å². The zero-order chi connectivity index (χ0) is 22.7. The number of nitrogens with zero attached hydrogens (tertiary/aromatic N) is 2. The summed E-state index contributed by atoms with van der Waals surface area (Å²) in [6.45, 7) is 1.86. The van der Waals surface area contributed by atoms with E-state index in [1.54, 1.807) is 21.3 Å². The van der Waals surface area contributed by atoms with E-state index in [0.717, 1.165) is 36.1 Å². The molecule has 0 bridgehead atoms. The predicted molar refractivity (Wildman–Crippen MR) is 126 cm³/mol. The molecule has 0 atom stereocenters. The van der Waals surface area contributed by atoms with Crippen molar-refractivity contribution in [2.24, 2.45) is 0 Å². The van der Waals surface area contributed by atoms with Crippen LogP contribution in [0.2, 0.25) is 0 Å². The number of para-hydroxylation sites is 1. The summed E-state index contributed by atoms with van der Waals surface area (Å²) in [7, 11) is 4.88. The van der Waals surface area contributed by atoms with Crippen LogP contribution in [-0.2, 0) is 16.8 Å². The molecule has 1 aliphatic carbocycles. The Labute approximate surface area is 194 Å². The summed E-state index contributed by atoms with van der Waals surface area (Å²) < 4.78 is 16.1. The van der Waals surface area contributed by atoms with Crippen LogP contribution >= 0.6 is 12.2 Å². The first-order valence-corrected chi connectivity index (χ1v) is 11.2. The molecule has 1 heterocycles. The van der Waals surface area contributed by atoms with Crippen LogP contribution in [0, 0.1) is 0 Å². The number of hydrazine groups is 1. The van der Waals surface area contributed by atoms with Crippen LogP contribution in [-0.4, -0.2) is 55.5 Å². The van der Waals surface area contributed by atoms with Gasteiger partial charge in [-0.05, 0) is 55.2 Å². The van der Waals surface area contributed by atoms with Gasteiger partial charge in [0.2, 0.25) is 0 Å². The molecule has 0 spiro atoms. The zero-order valence-electron chi connectivity index (χ0n) is 18.7. The second kappa shape index (κ2) is 9.24. The lowest BCUT2D eigenvalue weighted by Gasteiger charge is -2.33. The van der Waals surface area contributed by atoms with E-state index in [1.807, 2.05) is 52.5 Å². The lowest BCUT2D eigenvalue weighted by molar-refractivity contribution is -0.141. The zero-order valence-corrected chi connectivity index (χ0v) is 19.5. The number of carbonyl (C=O) groups is 1. The summed E-state index contributed by atoms with van der Waals surface area (Å²) in [5, 5.41) is 7.54. The molecule has 2 fully saturated rings. The molecule has 2 aromatic rings. The average molecular weight is 456 g/mol. The molecule has 0 radical (unpaired) electrons. The molecule has 0 unspecified atom stereocenters. The van der Waals surface area contributed by atoms with Crippen molar-refractivity contribution in [3.05, 3.63) is 53.6 Å². The molecule has 7 nitrogen and oxygen atoms in total. The minimum absolute atomic E-state index is 0.114. The van der Waals surface area contributed by atoms with E-state index in [4.69, 9.17) is 26.4 Å². The quantitative estimate of drug-likeness (QED) is 0.643. The normalized spacial score (nSPS) is 16.5. The van der Waals surface area contributed by atoms with Crippen molar-refractivity contribution in [3.63, 3.8) is 0 Å². The van der Waals surface area contributed by atoms with Crippen molar-refractivity contribution in [2.45, 2.75) is 31.2 Å². The topological polar surface area (TPSA) is 63.3 Å². The van der Waals surface area contributed by atoms with E-state index in [9.17, 15) is 4.79 Å². The molecule has 2 aromatic carbocycles. The number of benzene rings is 2. The van der Waals surface area contributed by atoms with E-state index < -0.39 is 5.41 Å². The smallest absolute Gasteiger partial charge is 0.251 e. The van der Waals surface area contributed by atoms with Gasteiger partial charge in [-0.25, -0.2) is 0 Å². The number of hydrogen-bond donors (Lipinski definition) is 1. The minimum Gasteiger partial charge on any atom is -0.497 e. The van der Waals surface area contributed by atoms with Crippen molar-refractivity contribution in [2.75, 3.05) is 34.4 Å². The van der Waals surface area contributed by atoms with Crippen LogP contribution in [0.5, 0.6) is 17.2 Å². The first kappa shape index (κ1) is 22.2. The fourth-order valence-corrected chi connectivity index (χ4v) is 4.56. The summed E-state index contributed by atoms with van der Waals surface area (Å²) in [5.41, 5.74) is 1.51. The van der Waals surface area contributed by atoms with Crippen molar-refractivity contribution < 1.29 is 19.0 Å². The van der Waals surface area contributed by atoms with Crippen LogP contribution < -0.4 is 19.5 Å². The summed E-state index contributed by atoms with van der Waals surface area (Å²) in [6.07, 6.45) is 2.59. The number of carbonyl (C=O) groups excluding carboxylic acids is 1. The highest BCUT2D eigenvalue weighted by Gasteiger charge is 2.54. The summed E-state index contributed by atoms with van der Waals surface area (Å²) >= 11 is 5.68. The van der Waals surface area contributed by atoms with Gasteiger partial charge in [0.05, 0.1) is 26.7 Å². The average Bonchev–Trinajstić information content (AvgIpc) is 3.50. The van der Waals surface area contributed by atoms with E-state index >= 15 is 0 Å². The molecule has 32 heavy (non-hydrogen) atoms. The molecular formula is C24H29N3O4S. The van der Waals surface area contributed by atoms with Crippen LogP contribution in [0.25, 0.3) is 0 Å². The summed E-state index contributed by atoms with van der Waals surface area (Å²) in [5.74, 6) is 2.25. The van der Waals surface area contributed by atoms with Gasteiger partial charge in [-0.2, -0.15) is 0 Å². The van der Waals surface area contributed by atoms with Gasteiger partial charge in [-0.1, -0.05) is 24.3 Å². The van der Waals surface area contributed by atoms with Gasteiger partial charge in [-0.15, -0.1) is 0 Å². The standard InChI is InChI=1S/C24H29N3O4S/c1-29-19-10-8-18(9-11-19)24(12-13-24)22(28)26-14-5-15-27(26)23(32)25-16-17-6-4-7-20(30-2)21(17)31-3/h4,6-11H,5,12-16H2,1-3H3,(H,25,32). The highest BCUT2D eigenvalue weighted by molar-refractivity contribution is 7.80. The van der Waals surface area contributed by atoms with E-state index in [1.165, 1.54) is 0 Å². The second-order valence-corrected chi connectivity index (χ2v) is 8.41. The molecule has 0 aromatic heterocycles. The molecule has 1 amide bonds. The maximum Gasteiger partial charge on any atom is 0.251 e. The molecule has 8 heteroatoms. The van der Waals surface area contributed by atoms with Crippen molar-refractivity contribution in [3.8, 4) is 17.2 Å². The molecular weight excluding hydrogens is 426 g/mol. The molecule has 2 aliphatic rings. The van der Waals surface area contributed by atoms with E-state index in [-0.39, 0.29) is 5.91 Å². The third-order valence-electron chi connectivity index (χ3n) is 6.22. The lowest BCUT2D eigenvalue weighted by atomic mass is 9.94. The molecule has 4 rings (SSSR count). The van der Waals surface area contributed by atoms with Gasteiger partial charge in [0, 0.05) is 25.2 Å². The monoisotopic (exact) mass is 455 g/mol. The number of thiocarbonyl (C=S) groups is 1. The third kappa shape index (κ3) is 4.07. The predicted octanol–water partition coefficient (Wildman–Crippen LogP) is 3.27. The van der Waals surface area contributed by atoms with Gasteiger partial charge in [-0.3, -0.25) is 14.8 Å². The Bertz CT molecular complexity index is 991. The maximum absolute atomic E-state index is 13.6. The molecule has 1 saturated heterocycles. The van der Waals surface area contributed by atoms with Gasteiger partial charge in [0.25, 0.3) is 5.91 Å². The molecule has 170 valence electrons. The molecule has 1 saturated carbocycles. The Balaban J connectivity index is 1.45. The van der Waals surface area contributed by atoms with Gasteiger partial charge < -0.3 is 19.5 Å². The van der Waals surface area contributed by atoms with E-state index in [2.05, 4.69) is 5.32 Å². The highest BCUT2D eigenvalue weighted by atomic mass is 32.1. The maximum atomic E-state index is 13.6. The summed E-state index contributed by atoms with van der Waals surface area (Å²) in [4.78, 5) is 13.6. The van der Waals surface area contributed by atoms with Gasteiger partial charge in [0.15, 0.2) is 16.6 Å².